The molecule has 6 nitrogen and oxygen atoms in total. The van der Waals surface area contributed by atoms with Gasteiger partial charge in [0, 0.05) is 15.5 Å². The van der Waals surface area contributed by atoms with Gasteiger partial charge in [-0.3, -0.25) is 4.84 Å². The van der Waals surface area contributed by atoms with Crippen molar-refractivity contribution in [2.24, 2.45) is 5.73 Å². The smallest absolute Gasteiger partial charge is 0.343 e. The number of hydrogen-bond donors (Lipinski definition) is 2. The molecule has 1 aromatic heterocycles. The molecule has 0 spiro atoms. The highest BCUT2D eigenvalue weighted by Crippen LogP contribution is 2.18. The van der Waals surface area contributed by atoms with Gasteiger partial charge in [0.1, 0.15) is 0 Å². The lowest BCUT2D eigenvalue weighted by Gasteiger charge is -2.19. The van der Waals surface area contributed by atoms with Crippen LogP contribution in [-0.2, 0) is 11.3 Å². The summed E-state index contributed by atoms with van der Waals surface area (Å²) in [5.41, 5.74) is 7.01. The van der Waals surface area contributed by atoms with Gasteiger partial charge in [-0.2, -0.15) is 5.06 Å². The van der Waals surface area contributed by atoms with Crippen LogP contribution in [0.25, 0.3) is 0 Å². The van der Waals surface area contributed by atoms with E-state index in [1.807, 2.05) is 18.2 Å². The number of primary amides is 1. The fourth-order valence-electron chi connectivity index (χ4n) is 1.71. The van der Waals surface area contributed by atoms with E-state index < -0.39 is 6.03 Å². The fourth-order valence-corrected chi connectivity index (χ4v) is 2.23. The molecule has 106 valence electrons. The summed E-state index contributed by atoms with van der Waals surface area (Å²) in [5.74, 6) is 0. The highest BCUT2D eigenvalue weighted by atomic mass is 127. The Bertz CT molecular complexity index is 559. The van der Waals surface area contributed by atoms with Crippen LogP contribution in [0.5, 0.6) is 0 Å². The van der Waals surface area contributed by atoms with Gasteiger partial charge in [-0.1, -0.05) is 6.07 Å². The summed E-state index contributed by atoms with van der Waals surface area (Å²) >= 11 is 2.17. The van der Waals surface area contributed by atoms with E-state index >= 15 is 0 Å². The van der Waals surface area contributed by atoms with Crippen molar-refractivity contribution in [2.45, 2.75) is 12.8 Å². The fraction of sp³-hybridized carbons (Fsp3) is 0.231. The summed E-state index contributed by atoms with van der Waals surface area (Å²) < 4.78 is 1.01. The number of benzene rings is 1. The van der Waals surface area contributed by atoms with Crippen LogP contribution in [0.4, 0.5) is 10.5 Å². The van der Waals surface area contributed by atoms with E-state index in [1.165, 1.54) is 0 Å². The number of nitrogens with two attached hydrogens (primary N) is 1. The van der Waals surface area contributed by atoms with E-state index in [1.54, 1.807) is 18.6 Å². The molecule has 0 aliphatic rings. The number of H-pyrrole nitrogens is 1. The number of hydroxylamine groups is 1. The maximum atomic E-state index is 11.4. The summed E-state index contributed by atoms with van der Waals surface area (Å²) in [7, 11) is 0. The quantitative estimate of drug-likeness (QED) is 0.455. The molecule has 0 aliphatic carbocycles. The average molecular weight is 386 g/mol. The van der Waals surface area contributed by atoms with E-state index in [0.717, 1.165) is 27.2 Å². The van der Waals surface area contributed by atoms with Gasteiger partial charge in [0.25, 0.3) is 0 Å². The number of urea groups is 1. The predicted octanol–water partition coefficient (Wildman–Crippen LogP) is 2.46. The van der Waals surface area contributed by atoms with E-state index in [4.69, 9.17) is 10.6 Å². The molecule has 0 atom stereocenters. The van der Waals surface area contributed by atoms with E-state index in [-0.39, 0.29) is 0 Å². The molecule has 1 aromatic carbocycles. The van der Waals surface area contributed by atoms with Gasteiger partial charge in [-0.05, 0) is 53.6 Å². The standard InChI is InChI=1S/C13H15IN4O2/c14-10-3-1-5-12(7-10)18(13(15)19)20-6-2-4-11-8-16-9-17-11/h1,3,5,7-9H,2,4,6H2,(H2,15,19)(H,16,17). The largest absolute Gasteiger partial charge is 0.349 e. The molecular weight excluding hydrogens is 371 g/mol. The molecule has 1 heterocycles. The first kappa shape index (κ1) is 14.8. The first-order chi connectivity index (χ1) is 9.66. The Hall–Kier alpha value is -1.61. The third-order valence-electron chi connectivity index (χ3n) is 2.61. The molecular formula is C13H15IN4O2. The first-order valence-corrected chi connectivity index (χ1v) is 7.20. The number of anilines is 1. The second kappa shape index (κ2) is 7.25. The lowest BCUT2D eigenvalue weighted by Crippen LogP contribution is -2.36. The lowest BCUT2D eigenvalue weighted by atomic mass is 10.3. The number of aromatic amines is 1. The molecule has 3 N–H and O–H groups in total. The Labute approximate surface area is 130 Å². The van der Waals surface area contributed by atoms with Gasteiger partial charge in [-0.25, -0.2) is 9.78 Å². The predicted molar refractivity (Wildman–Crippen MR) is 84.1 cm³/mol. The number of amides is 2. The molecule has 0 radical (unpaired) electrons. The minimum Gasteiger partial charge on any atom is -0.349 e. The Morgan fingerprint density at radius 2 is 2.35 bits per heavy atom. The van der Waals surface area contributed by atoms with Crippen LogP contribution < -0.4 is 10.8 Å². The van der Waals surface area contributed by atoms with Crippen LogP contribution in [0.1, 0.15) is 12.1 Å². The lowest BCUT2D eigenvalue weighted by molar-refractivity contribution is 0.118. The highest BCUT2D eigenvalue weighted by Gasteiger charge is 2.13. The summed E-state index contributed by atoms with van der Waals surface area (Å²) in [6, 6.07) is 6.76. The zero-order valence-electron chi connectivity index (χ0n) is 10.8. The average Bonchev–Trinajstić information content (AvgIpc) is 2.91. The van der Waals surface area contributed by atoms with Crippen LogP contribution in [0.15, 0.2) is 36.8 Å². The minimum atomic E-state index is -0.631. The molecule has 20 heavy (non-hydrogen) atoms. The summed E-state index contributed by atoms with van der Waals surface area (Å²) in [6.07, 6.45) is 4.97. The SMILES string of the molecule is NC(=O)N(OCCCc1cnc[nH]1)c1cccc(I)c1. The van der Waals surface area contributed by atoms with Crippen molar-refractivity contribution >= 4 is 34.3 Å². The van der Waals surface area contributed by atoms with Crippen LogP contribution in [-0.4, -0.2) is 22.6 Å². The van der Waals surface area contributed by atoms with E-state index in [0.29, 0.717) is 12.3 Å². The number of carbonyl (C=O) groups excluding carboxylic acids is 1. The van der Waals surface area contributed by atoms with Crippen LogP contribution >= 0.6 is 22.6 Å². The topological polar surface area (TPSA) is 84.2 Å². The number of nitrogens with one attached hydrogen (secondary N) is 1. The number of aryl methyl sites for hydroxylation is 1. The summed E-state index contributed by atoms with van der Waals surface area (Å²) in [4.78, 5) is 23.9. The molecule has 0 aliphatic heterocycles. The van der Waals surface area contributed by atoms with Crippen LogP contribution in [0.2, 0.25) is 0 Å². The van der Waals surface area contributed by atoms with Crippen molar-refractivity contribution in [3.8, 4) is 0 Å². The highest BCUT2D eigenvalue weighted by molar-refractivity contribution is 14.1. The second-order valence-electron chi connectivity index (χ2n) is 4.13. The number of halogens is 1. The Morgan fingerprint density at radius 3 is 3.00 bits per heavy atom. The normalized spacial score (nSPS) is 10.4. The minimum absolute atomic E-state index is 0.396. The molecule has 2 amide bonds. The number of nitrogens with zero attached hydrogens (tertiary/aromatic N) is 2. The van der Waals surface area contributed by atoms with Crippen molar-refractivity contribution in [3.05, 3.63) is 46.1 Å². The van der Waals surface area contributed by atoms with Gasteiger partial charge >= 0.3 is 6.03 Å². The second-order valence-corrected chi connectivity index (χ2v) is 5.37. The van der Waals surface area contributed by atoms with Crippen LogP contribution in [0, 0.1) is 3.57 Å². The first-order valence-electron chi connectivity index (χ1n) is 6.12. The van der Waals surface area contributed by atoms with Crippen LogP contribution in [0.3, 0.4) is 0 Å². The molecule has 2 rings (SSSR count). The van der Waals surface area contributed by atoms with E-state index in [9.17, 15) is 4.79 Å². The van der Waals surface area contributed by atoms with Crippen molar-refractivity contribution in [1.29, 1.82) is 0 Å². The summed E-state index contributed by atoms with van der Waals surface area (Å²) in [5, 5.41) is 1.12. The molecule has 7 heteroatoms. The van der Waals surface area contributed by atoms with Gasteiger partial charge in [0.2, 0.25) is 0 Å². The summed E-state index contributed by atoms with van der Waals surface area (Å²) in [6.45, 7) is 0.396. The zero-order chi connectivity index (χ0) is 14.4. The number of hydrogen-bond acceptors (Lipinski definition) is 3. The van der Waals surface area contributed by atoms with Crippen molar-refractivity contribution in [3.63, 3.8) is 0 Å². The van der Waals surface area contributed by atoms with Gasteiger partial charge < -0.3 is 10.7 Å². The molecule has 2 aromatic rings. The van der Waals surface area contributed by atoms with Crippen molar-refractivity contribution < 1.29 is 9.63 Å². The van der Waals surface area contributed by atoms with Gasteiger partial charge in [0.05, 0.1) is 18.6 Å². The Kier molecular flexibility index (Phi) is 5.36. The number of aromatic nitrogens is 2. The van der Waals surface area contributed by atoms with Gasteiger partial charge in [-0.15, -0.1) is 0 Å². The molecule has 0 fully saturated rings. The monoisotopic (exact) mass is 386 g/mol. The molecule has 0 saturated carbocycles. The maximum absolute atomic E-state index is 11.4. The number of rotatable bonds is 6. The van der Waals surface area contributed by atoms with Crippen molar-refractivity contribution in [2.75, 3.05) is 11.7 Å². The Morgan fingerprint density at radius 1 is 1.50 bits per heavy atom. The molecule has 0 bridgehead atoms. The number of imidazole rings is 1. The zero-order valence-corrected chi connectivity index (χ0v) is 12.9. The number of carbonyl (C=O) groups is 1. The van der Waals surface area contributed by atoms with Crippen molar-refractivity contribution in [1.82, 2.24) is 9.97 Å². The molecule has 0 saturated heterocycles. The third kappa shape index (κ3) is 4.20. The Balaban J connectivity index is 1.88. The maximum Gasteiger partial charge on any atom is 0.343 e. The van der Waals surface area contributed by atoms with Gasteiger partial charge in [0.15, 0.2) is 0 Å². The van der Waals surface area contributed by atoms with E-state index in [2.05, 4.69) is 32.6 Å². The molecule has 0 unspecified atom stereocenters. The third-order valence-corrected chi connectivity index (χ3v) is 3.28.